The first-order valence-corrected chi connectivity index (χ1v) is 9.89. The molecule has 0 aliphatic carbocycles. The number of aromatic nitrogens is 1. The van der Waals surface area contributed by atoms with Crippen LogP contribution in [0.1, 0.15) is 24.4 Å². The van der Waals surface area contributed by atoms with Gasteiger partial charge in [0, 0.05) is 17.3 Å². The Kier molecular flexibility index (Phi) is 7.19. The van der Waals surface area contributed by atoms with Gasteiger partial charge in [-0.15, -0.1) is 0 Å². The number of aliphatic carboxylic acids is 1. The number of urea groups is 1. The Labute approximate surface area is 190 Å². The van der Waals surface area contributed by atoms with Gasteiger partial charge in [-0.1, -0.05) is 31.1 Å². The molecule has 9 nitrogen and oxygen atoms in total. The van der Waals surface area contributed by atoms with Crippen LogP contribution in [0.15, 0.2) is 47.0 Å². The Bertz CT molecular complexity index is 1230. The van der Waals surface area contributed by atoms with Gasteiger partial charge in [-0.2, -0.15) is 0 Å². The van der Waals surface area contributed by atoms with Crippen LogP contribution in [0, 0.1) is 23.4 Å². The van der Waals surface area contributed by atoms with Crippen molar-refractivity contribution in [3.63, 3.8) is 0 Å². The van der Waals surface area contributed by atoms with Crippen LogP contribution in [0.5, 0.6) is 0 Å². The first kappa shape index (κ1) is 24.3. The quantitative estimate of drug-likeness (QED) is 0.377. The van der Waals surface area contributed by atoms with Crippen LogP contribution >= 0.6 is 0 Å². The van der Waals surface area contributed by atoms with E-state index < -0.39 is 47.1 Å². The van der Waals surface area contributed by atoms with Gasteiger partial charge in [-0.05, 0) is 30.2 Å². The number of carbonyl (C=O) groups is 3. The van der Waals surface area contributed by atoms with Crippen LogP contribution in [-0.4, -0.2) is 34.2 Å². The number of amides is 3. The highest BCUT2D eigenvalue weighted by Crippen LogP contribution is 2.23. The highest BCUT2D eigenvalue weighted by Gasteiger charge is 2.26. The Morgan fingerprint density at radius 3 is 2.26 bits per heavy atom. The smallest absolute Gasteiger partial charge is 0.326 e. The van der Waals surface area contributed by atoms with Gasteiger partial charge in [0.15, 0.2) is 17.5 Å². The van der Waals surface area contributed by atoms with E-state index in [9.17, 15) is 32.7 Å². The van der Waals surface area contributed by atoms with Crippen LogP contribution < -0.4 is 16.0 Å². The SMILES string of the molecule is CC(C)C(NC(=O)c1cc(-c2ccc(NC(=O)Nc3ccc(F)c(F)c3F)cc2)no1)C(=O)O. The molecule has 0 radical (unpaired) electrons. The topological polar surface area (TPSA) is 134 Å². The van der Waals surface area contributed by atoms with Crippen LogP contribution in [0.25, 0.3) is 11.3 Å². The van der Waals surface area contributed by atoms with Crippen molar-refractivity contribution in [3.8, 4) is 11.3 Å². The van der Waals surface area contributed by atoms with Crippen molar-refractivity contribution < 1.29 is 37.2 Å². The Balaban J connectivity index is 1.64. The van der Waals surface area contributed by atoms with E-state index in [0.717, 1.165) is 6.07 Å². The van der Waals surface area contributed by atoms with Crippen molar-refractivity contribution >= 4 is 29.3 Å². The molecule has 12 heteroatoms. The number of hydrogen-bond acceptors (Lipinski definition) is 5. The van der Waals surface area contributed by atoms with Gasteiger partial charge in [0.1, 0.15) is 11.7 Å². The number of nitrogens with zero attached hydrogens (tertiary/aromatic N) is 1. The maximum absolute atomic E-state index is 13.7. The second kappa shape index (κ2) is 10.1. The number of carboxylic acid groups (broad SMARTS) is 1. The van der Waals surface area contributed by atoms with Gasteiger partial charge in [0.05, 0.1) is 5.69 Å². The fourth-order valence-corrected chi connectivity index (χ4v) is 2.88. The minimum atomic E-state index is -1.70. The summed E-state index contributed by atoms with van der Waals surface area (Å²) in [6.07, 6.45) is 0. The molecule has 178 valence electrons. The van der Waals surface area contributed by atoms with E-state index >= 15 is 0 Å². The lowest BCUT2D eigenvalue weighted by Gasteiger charge is -2.16. The van der Waals surface area contributed by atoms with Crippen LogP contribution in [0.3, 0.4) is 0 Å². The average Bonchev–Trinajstić information content (AvgIpc) is 3.28. The molecule has 3 rings (SSSR count). The summed E-state index contributed by atoms with van der Waals surface area (Å²) in [5.74, 6) is -7.06. The average molecular weight is 476 g/mol. The van der Waals surface area contributed by atoms with E-state index in [1.807, 2.05) is 0 Å². The number of rotatable bonds is 7. The number of carbonyl (C=O) groups excluding carboxylic acids is 2. The van der Waals surface area contributed by atoms with Gasteiger partial charge in [0.2, 0.25) is 5.76 Å². The zero-order valence-electron chi connectivity index (χ0n) is 17.9. The molecule has 1 atom stereocenters. The third kappa shape index (κ3) is 5.52. The normalized spacial score (nSPS) is 11.7. The van der Waals surface area contributed by atoms with Crippen molar-refractivity contribution in [1.29, 1.82) is 0 Å². The minimum absolute atomic E-state index is 0.183. The van der Waals surface area contributed by atoms with Crippen LogP contribution in [0.2, 0.25) is 0 Å². The zero-order valence-corrected chi connectivity index (χ0v) is 17.9. The van der Waals surface area contributed by atoms with Crippen molar-refractivity contribution in [2.75, 3.05) is 10.6 Å². The third-order valence-corrected chi connectivity index (χ3v) is 4.68. The van der Waals surface area contributed by atoms with E-state index in [-0.39, 0.29) is 23.1 Å². The molecule has 0 bridgehead atoms. The number of hydrogen-bond donors (Lipinski definition) is 4. The second-order valence-electron chi connectivity index (χ2n) is 7.49. The van der Waals surface area contributed by atoms with Gasteiger partial charge in [0.25, 0.3) is 5.91 Å². The lowest BCUT2D eigenvalue weighted by atomic mass is 10.0. The molecule has 2 aromatic carbocycles. The minimum Gasteiger partial charge on any atom is -0.480 e. The Morgan fingerprint density at radius 1 is 0.971 bits per heavy atom. The molecule has 0 aliphatic heterocycles. The summed E-state index contributed by atoms with van der Waals surface area (Å²) in [6.45, 7) is 3.30. The predicted octanol–water partition coefficient (Wildman–Crippen LogP) is 4.24. The Hall–Kier alpha value is -4.35. The summed E-state index contributed by atoms with van der Waals surface area (Å²) in [7, 11) is 0. The van der Waals surface area contributed by atoms with Crippen LogP contribution in [-0.2, 0) is 4.79 Å². The summed E-state index contributed by atoms with van der Waals surface area (Å²) in [5, 5.41) is 19.8. The van der Waals surface area contributed by atoms with Crippen molar-refractivity contribution in [2.45, 2.75) is 19.9 Å². The summed E-state index contributed by atoms with van der Waals surface area (Å²) in [4.78, 5) is 35.5. The fraction of sp³-hybridized carbons (Fsp3) is 0.182. The Morgan fingerprint density at radius 2 is 1.65 bits per heavy atom. The summed E-state index contributed by atoms with van der Waals surface area (Å²) >= 11 is 0. The molecule has 0 spiro atoms. The van der Waals surface area contributed by atoms with Gasteiger partial charge in [-0.25, -0.2) is 22.8 Å². The number of nitrogens with one attached hydrogen (secondary N) is 3. The van der Waals surface area contributed by atoms with Crippen molar-refractivity contribution in [2.24, 2.45) is 5.92 Å². The molecule has 0 aliphatic rings. The standard InChI is InChI=1S/C22H19F3N4O5/c1-10(2)19(21(31)32)28-20(30)16-9-15(29-34-16)11-3-5-12(6-4-11)26-22(33)27-14-8-7-13(23)17(24)18(14)25/h3-10,19H,1-2H3,(H,28,30)(H,31,32)(H2,26,27,33). The predicted molar refractivity (Wildman–Crippen MR) is 115 cm³/mol. The molecule has 34 heavy (non-hydrogen) atoms. The molecular weight excluding hydrogens is 457 g/mol. The zero-order chi connectivity index (χ0) is 25.0. The monoisotopic (exact) mass is 476 g/mol. The summed E-state index contributed by atoms with van der Waals surface area (Å²) in [6, 6.07) is 6.94. The molecule has 0 saturated carbocycles. The second-order valence-corrected chi connectivity index (χ2v) is 7.49. The van der Waals surface area contributed by atoms with E-state index in [1.165, 1.54) is 18.2 Å². The van der Waals surface area contributed by atoms with E-state index in [4.69, 9.17) is 4.52 Å². The van der Waals surface area contributed by atoms with E-state index in [1.54, 1.807) is 26.0 Å². The molecule has 3 aromatic rings. The van der Waals surface area contributed by atoms with Crippen LogP contribution in [0.4, 0.5) is 29.3 Å². The summed E-state index contributed by atoms with van der Waals surface area (Å²) in [5.41, 5.74) is 0.538. The highest BCUT2D eigenvalue weighted by atomic mass is 19.2. The largest absolute Gasteiger partial charge is 0.480 e. The van der Waals surface area contributed by atoms with E-state index in [0.29, 0.717) is 11.6 Å². The number of carboxylic acids is 1. The van der Waals surface area contributed by atoms with Crippen molar-refractivity contribution in [3.05, 3.63) is 65.7 Å². The molecule has 1 aromatic heterocycles. The molecule has 3 amide bonds. The number of anilines is 2. The highest BCUT2D eigenvalue weighted by molar-refractivity contribution is 6.00. The molecule has 0 fully saturated rings. The fourth-order valence-electron chi connectivity index (χ4n) is 2.88. The molecular formula is C22H19F3N4O5. The molecule has 1 unspecified atom stereocenters. The van der Waals surface area contributed by atoms with Crippen molar-refractivity contribution in [1.82, 2.24) is 10.5 Å². The van der Waals surface area contributed by atoms with Gasteiger partial charge < -0.3 is 25.6 Å². The lowest BCUT2D eigenvalue weighted by Crippen LogP contribution is -2.44. The molecule has 1 heterocycles. The maximum Gasteiger partial charge on any atom is 0.326 e. The third-order valence-electron chi connectivity index (χ3n) is 4.68. The van der Waals surface area contributed by atoms with Gasteiger partial charge in [-0.3, -0.25) is 4.79 Å². The molecule has 0 saturated heterocycles. The van der Waals surface area contributed by atoms with E-state index in [2.05, 4.69) is 21.1 Å². The van der Waals surface area contributed by atoms with Gasteiger partial charge >= 0.3 is 12.0 Å². The maximum atomic E-state index is 13.7. The lowest BCUT2D eigenvalue weighted by molar-refractivity contribution is -0.140. The number of benzene rings is 2. The first-order chi connectivity index (χ1) is 16.1. The first-order valence-electron chi connectivity index (χ1n) is 9.89. The number of halogens is 3. The molecule has 4 N–H and O–H groups in total. The summed E-state index contributed by atoms with van der Waals surface area (Å²) < 4.78 is 44.9.